The molecule has 1 saturated carbocycles. The van der Waals surface area contributed by atoms with Crippen LogP contribution in [0.25, 0.3) is 0 Å². The summed E-state index contributed by atoms with van der Waals surface area (Å²) in [5.74, 6) is 0.819. The van der Waals surface area contributed by atoms with Gasteiger partial charge in [0.2, 0.25) is 0 Å². The molecule has 2 bridgehead atoms. The van der Waals surface area contributed by atoms with Crippen LogP contribution in [0.5, 0.6) is 11.5 Å². The number of ketones is 1. The summed E-state index contributed by atoms with van der Waals surface area (Å²) in [5.41, 5.74) is 2.07. The van der Waals surface area contributed by atoms with E-state index in [2.05, 4.69) is 23.0 Å². The van der Waals surface area contributed by atoms with Crippen LogP contribution in [-0.4, -0.2) is 61.6 Å². The predicted molar refractivity (Wildman–Crippen MR) is 117 cm³/mol. The summed E-state index contributed by atoms with van der Waals surface area (Å²) in [4.78, 5) is 32.5. The molecule has 0 spiro atoms. The SMILES string of the molecule is COc1ccc2c(c1OC(=O)c1cccnc1)[C@@]13CCN(C)[C@@H](C2)[C@H]1C[C@@H](OC)C(=O)C3. The van der Waals surface area contributed by atoms with Crippen molar-refractivity contribution in [3.63, 3.8) is 0 Å². The van der Waals surface area contributed by atoms with Crippen molar-refractivity contribution in [2.75, 3.05) is 27.8 Å². The third-order valence-corrected chi connectivity index (χ3v) is 7.70. The average molecular weight is 437 g/mol. The van der Waals surface area contributed by atoms with Gasteiger partial charge in [-0.2, -0.15) is 0 Å². The van der Waals surface area contributed by atoms with E-state index in [0.29, 0.717) is 35.9 Å². The van der Waals surface area contributed by atoms with Crippen molar-refractivity contribution in [1.82, 2.24) is 9.88 Å². The highest BCUT2D eigenvalue weighted by Crippen LogP contribution is 2.58. The van der Waals surface area contributed by atoms with E-state index in [-0.39, 0.29) is 17.8 Å². The van der Waals surface area contributed by atoms with E-state index in [1.54, 1.807) is 32.5 Å². The van der Waals surface area contributed by atoms with Gasteiger partial charge in [-0.1, -0.05) is 6.07 Å². The van der Waals surface area contributed by atoms with Gasteiger partial charge in [0.05, 0.1) is 12.7 Å². The second kappa shape index (κ2) is 7.98. The van der Waals surface area contributed by atoms with Crippen molar-refractivity contribution in [3.8, 4) is 11.5 Å². The third-order valence-electron chi connectivity index (χ3n) is 7.70. The number of hydrogen-bond acceptors (Lipinski definition) is 7. The van der Waals surface area contributed by atoms with E-state index in [1.807, 2.05) is 6.07 Å². The zero-order chi connectivity index (χ0) is 22.5. The molecule has 0 amide bonds. The highest BCUT2D eigenvalue weighted by atomic mass is 16.6. The lowest BCUT2D eigenvalue weighted by molar-refractivity contribution is -0.141. The highest BCUT2D eigenvalue weighted by molar-refractivity contribution is 5.92. The number of fused-ring (bicyclic) bond motifs is 1. The van der Waals surface area contributed by atoms with Gasteiger partial charge in [-0.15, -0.1) is 0 Å². The first kappa shape index (κ1) is 21.1. The molecule has 0 N–H and O–H groups in total. The topological polar surface area (TPSA) is 78.0 Å². The summed E-state index contributed by atoms with van der Waals surface area (Å²) in [5, 5.41) is 0. The van der Waals surface area contributed by atoms with Gasteiger partial charge in [-0.25, -0.2) is 4.79 Å². The Kier molecular flexibility index (Phi) is 5.26. The molecule has 7 nitrogen and oxygen atoms in total. The Bertz CT molecular complexity index is 1060. The Morgan fingerprint density at radius 2 is 2.09 bits per heavy atom. The number of Topliss-reactive ketones (excluding diaryl/α,β-unsaturated/α-hetero) is 1. The second-order valence-corrected chi connectivity index (χ2v) is 9.13. The first-order valence-corrected chi connectivity index (χ1v) is 11.1. The molecule has 2 aliphatic carbocycles. The third kappa shape index (κ3) is 3.14. The van der Waals surface area contributed by atoms with Crippen molar-refractivity contribution < 1.29 is 23.8 Å². The second-order valence-electron chi connectivity index (χ2n) is 9.13. The summed E-state index contributed by atoms with van der Waals surface area (Å²) < 4.78 is 17.2. The van der Waals surface area contributed by atoms with Gasteiger partial charge in [0.15, 0.2) is 17.3 Å². The number of likely N-dealkylation sites (N-methyl/N-ethyl adjacent to an activating group) is 1. The lowest BCUT2D eigenvalue weighted by Crippen LogP contribution is -2.63. The van der Waals surface area contributed by atoms with Gasteiger partial charge in [0, 0.05) is 42.9 Å². The molecule has 2 heterocycles. The van der Waals surface area contributed by atoms with Gasteiger partial charge >= 0.3 is 5.97 Å². The fourth-order valence-electron chi connectivity index (χ4n) is 6.16. The molecule has 3 aliphatic rings. The molecule has 0 unspecified atom stereocenters. The fourth-order valence-corrected chi connectivity index (χ4v) is 6.16. The van der Waals surface area contributed by atoms with Gasteiger partial charge in [0.25, 0.3) is 0 Å². The fraction of sp³-hybridized carbons (Fsp3) is 0.480. The Labute approximate surface area is 187 Å². The van der Waals surface area contributed by atoms with Crippen molar-refractivity contribution in [3.05, 3.63) is 53.3 Å². The smallest absolute Gasteiger partial charge is 0.345 e. The van der Waals surface area contributed by atoms with Crippen LogP contribution >= 0.6 is 0 Å². The number of hydrogen-bond donors (Lipinski definition) is 0. The van der Waals surface area contributed by atoms with Crippen LogP contribution in [0.15, 0.2) is 36.7 Å². The minimum atomic E-state index is -0.482. The molecular formula is C25H28N2O5. The van der Waals surface area contributed by atoms with Crippen LogP contribution in [0.2, 0.25) is 0 Å². The Morgan fingerprint density at radius 1 is 1.25 bits per heavy atom. The van der Waals surface area contributed by atoms with E-state index >= 15 is 0 Å². The number of carbonyl (C=O) groups excluding carboxylic acids is 2. The van der Waals surface area contributed by atoms with Crippen LogP contribution in [0, 0.1) is 5.92 Å². The number of benzene rings is 1. The monoisotopic (exact) mass is 436 g/mol. The average Bonchev–Trinajstić information content (AvgIpc) is 2.81. The number of esters is 1. The number of ether oxygens (including phenoxy) is 3. The first-order valence-electron chi connectivity index (χ1n) is 11.1. The molecule has 1 saturated heterocycles. The van der Waals surface area contributed by atoms with Crippen molar-refractivity contribution in [2.45, 2.75) is 43.2 Å². The molecule has 32 heavy (non-hydrogen) atoms. The molecule has 1 aliphatic heterocycles. The van der Waals surface area contributed by atoms with Crippen LogP contribution in [-0.2, 0) is 21.4 Å². The quantitative estimate of drug-likeness (QED) is 0.539. The molecule has 0 radical (unpaired) electrons. The summed E-state index contributed by atoms with van der Waals surface area (Å²) in [6.07, 6.45) is 5.45. The van der Waals surface area contributed by atoms with Crippen molar-refractivity contribution in [2.24, 2.45) is 5.92 Å². The molecule has 2 fully saturated rings. The van der Waals surface area contributed by atoms with E-state index in [4.69, 9.17) is 14.2 Å². The van der Waals surface area contributed by atoms with Crippen molar-refractivity contribution in [1.29, 1.82) is 0 Å². The molecular weight excluding hydrogens is 408 g/mol. The Morgan fingerprint density at radius 3 is 2.81 bits per heavy atom. The molecule has 1 aromatic carbocycles. The van der Waals surface area contributed by atoms with Crippen LogP contribution < -0.4 is 9.47 Å². The maximum Gasteiger partial charge on any atom is 0.345 e. The first-order chi connectivity index (χ1) is 15.5. The minimum Gasteiger partial charge on any atom is -0.493 e. The van der Waals surface area contributed by atoms with E-state index in [9.17, 15) is 9.59 Å². The van der Waals surface area contributed by atoms with Gasteiger partial charge < -0.3 is 19.1 Å². The molecule has 2 aromatic rings. The zero-order valence-electron chi connectivity index (χ0n) is 18.7. The maximum atomic E-state index is 13.1. The number of aromatic nitrogens is 1. The number of rotatable bonds is 4. The van der Waals surface area contributed by atoms with Crippen molar-refractivity contribution >= 4 is 11.8 Å². The minimum absolute atomic E-state index is 0.118. The normalized spacial score (nSPS) is 29.1. The van der Waals surface area contributed by atoms with Crippen LogP contribution in [0.3, 0.4) is 0 Å². The van der Waals surface area contributed by atoms with Crippen LogP contribution in [0.1, 0.15) is 40.7 Å². The lowest BCUT2D eigenvalue weighted by Gasteiger charge is -2.58. The number of piperidine rings is 1. The van der Waals surface area contributed by atoms with Gasteiger partial charge in [0.1, 0.15) is 6.10 Å². The predicted octanol–water partition coefficient (Wildman–Crippen LogP) is 2.80. The number of methoxy groups -OCH3 is 2. The number of carbonyl (C=O) groups is 2. The summed E-state index contributed by atoms with van der Waals surface area (Å²) in [6.45, 7) is 0.888. The standard InChI is InChI=1S/C25H28N2O5/c1-27-10-8-25-13-19(28)21(31-3)12-17(25)18(27)11-15-6-7-20(30-2)23(22(15)25)32-24(29)16-5-4-9-26-14-16/h4-7,9,14,17-18,21H,8,10-13H2,1-3H3/t17-,18+,21-,25-/m1/s1. The molecule has 168 valence electrons. The number of likely N-dealkylation sites (tertiary alicyclic amines) is 1. The van der Waals surface area contributed by atoms with Gasteiger partial charge in [-0.3, -0.25) is 9.78 Å². The summed E-state index contributed by atoms with van der Waals surface area (Å²) >= 11 is 0. The molecule has 5 rings (SSSR count). The molecule has 1 aromatic heterocycles. The van der Waals surface area contributed by atoms with E-state index in [1.165, 1.54) is 6.20 Å². The largest absolute Gasteiger partial charge is 0.493 e. The highest BCUT2D eigenvalue weighted by Gasteiger charge is 2.58. The van der Waals surface area contributed by atoms with Crippen LogP contribution in [0.4, 0.5) is 0 Å². The van der Waals surface area contributed by atoms with E-state index in [0.717, 1.165) is 30.5 Å². The molecule has 7 heteroatoms. The Balaban J connectivity index is 1.66. The maximum absolute atomic E-state index is 13.1. The number of nitrogens with zero attached hydrogens (tertiary/aromatic N) is 2. The van der Waals surface area contributed by atoms with Gasteiger partial charge in [-0.05, 0) is 62.5 Å². The molecule has 4 atom stereocenters. The van der Waals surface area contributed by atoms with E-state index < -0.39 is 11.4 Å². The lowest BCUT2D eigenvalue weighted by atomic mass is 9.51. The summed E-state index contributed by atoms with van der Waals surface area (Å²) in [7, 11) is 5.34. The number of pyridine rings is 1. The summed E-state index contributed by atoms with van der Waals surface area (Å²) in [6, 6.07) is 7.62. The Hall–Kier alpha value is -2.77. The zero-order valence-corrected chi connectivity index (χ0v) is 18.7.